The highest BCUT2D eigenvalue weighted by Gasteiger charge is 2.49. The molecular formula is C26H32N4O. The molecule has 4 aliphatic carbocycles. The maximum Gasteiger partial charge on any atom is 0.182 e. The van der Waals surface area contributed by atoms with Crippen molar-refractivity contribution in [3.63, 3.8) is 0 Å². The molecule has 0 spiro atoms. The van der Waals surface area contributed by atoms with Gasteiger partial charge in [0.15, 0.2) is 5.82 Å². The van der Waals surface area contributed by atoms with Crippen LogP contribution >= 0.6 is 0 Å². The Morgan fingerprint density at radius 3 is 2.29 bits per heavy atom. The molecule has 5 heteroatoms. The van der Waals surface area contributed by atoms with Gasteiger partial charge in [-0.2, -0.15) is 10.4 Å². The molecule has 0 unspecified atom stereocenters. The largest absolute Gasteiger partial charge is 0.367 e. The first kappa shape index (κ1) is 19.5. The highest BCUT2D eigenvalue weighted by Crippen LogP contribution is 2.50. The Labute approximate surface area is 184 Å². The number of ether oxygens (including phenoxy) is 1. The van der Waals surface area contributed by atoms with Crippen LogP contribution in [0.4, 0.5) is 0 Å². The van der Waals surface area contributed by atoms with Crippen molar-refractivity contribution in [3.8, 4) is 6.07 Å². The second-order valence-electron chi connectivity index (χ2n) is 10.5. The van der Waals surface area contributed by atoms with E-state index in [1.54, 1.807) is 0 Å². The third-order valence-electron chi connectivity index (χ3n) is 7.92. The van der Waals surface area contributed by atoms with Crippen molar-refractivity contribution in [2.24, 2.45) is 11.8 Å². The van der Waals surface area contributed by atoms with Gasteiger partial charge >= 0.3 is 0 Å². The molecule has 2 aromatic rings. The summed E-state index contributed by atoms with van der Waals surface area (Å²) in [6, 6.07) is 13.0. The van der Waals surface area contributed by atoms with Gasteiger partial charge in [0.2, 0.25) is 0 Å². The number of benzene rings is 1. The predicted octanol–water partition coefficient (Wildman–Crippen LogP) is 5.22. The van der Waals surface area contributed by atoms with Gasteiger partial charge in [0, 0.05) is 12.5 Å². The van der Waals surface area contributed by atoms with E-state index in [-0.39, 0.29) is 0 Å². The van der Waals surface area contributed by atoms with Crippen LogP contribution in [0.1, 0.15) is 87.3 Å². The van der Waals surface area contributed by atoms with Crippen molar-refractivity contribution < 1.29 is 4.74 Å². The van der Waals surface area contributed by atoms with Gasteiger partial charge in [0.25, 0.3) is 0 Å². The Morgan fingerprint density at radius 2 is 1.68 bits per heavy atom. The first-order chi connectivity index (χ1) is 15.2. The summed E-state index contributed by atoms with van der Waals surface area (Å²) in [5, 5.41) is 15.3. The highest BCUT2D eigenvalue weighted by molar-refractivity contribution is 5.34. The van der Waals surface area contributed by atoms with Gasteiger partial charge in [-0.05, 0) is 81.6 Å². The molecular weight excluding hydrogens is 384 g/mol. The van der Waals surface area contributed by atoms with Crippen molar-refractivity contribution in [1.29, 1.82) is 5.26 Å². The Balaban J connectivity index is 1.30. The molecule has 1 aromatic heterocycles. The van der Waals surface area contributed by atoms with E-state index in [0.29, 0.717) is 11.8 Å². The summed E-state index contributed by atoms with van der Waals surface area (Å²) in [7, 11) is 0. The van der Waals surface area contributed by atoms with Crippen LogP contribution in [0.25, 0.3) is 0 Å². The second kappa shape index (κ2) is 7.45. The SMILES string of the molecule is N#CC1(c2ccccc2)CCC(OCC2CC2)(c2nc(C3CC3)n(CC3CC3)n2)CC1. The molecule has 4 saturated carbocycles. The Hall–Kier alpha value is -2.19. The van der Waals surface area contributed by atoms with Crippen molar-refractivity contribution in [2.45, 2.75) is 87.7 Å². The van der Waals surface area contributed by atoms with Crippen molar-refractivity contribution in [1.82, 2.24) is 14.8 Å². The molecule has 162 valence electrons. The zero-order chi connectivity index (χ0) is 20.9. The third kappa shape index (κ3) is 3.80. The number of aromatic nitrogens is 3. The minimum Gasteiger partial charge on any atom is -0.367 e. The van der Waals surface area contributed by atoms with E-state index >= 15 is 0 Å². The summed E-state index contributed by atoms with van der Waals surface area (Å²) in [6.45, 7) is 1.82. The summed E-state index contributed by atoms with van der Waals surface area (Å²) in [6.07, 6.45) is 10.9. The summed E-state index contributed by atoms with van der Waals surface area (Å²) in [5.74, 6) is 4.16. The quantitative estimate of drug-likeness (QED) is 0.592. The molecule has 4 fully saturated rings. The molecule has 4 aliphatic rings. The van der Waals surface area contributed by atoms with Crippen molar-refractivity contribution in [2.75, 3.05) is 6.61 Å². The molecule has 0 N–H and O–H groups in total. The number of hydrogen-bond donors (Lipinski definition) is 0. The lowest BCUT2D eigenvalue weighted by atomic mass is 9.65. The molecule has 6 rings (SSSR count). The van der Waals surface area contributed by atoms with Gasteiger partial charge in [-0.25, -0.2) is 9.67 Å². The van der Waals surface area contributed by atoms with Crippen LogP contribution in [0.2, 0.25) is 0 Å². The van der Waals surface area contributed by atoms with E-state index in [0.717, 1.165) is 56.1 Å². The molecule has 0 aliphatic heterocycles. The topological polar surface area (TPSA) is 63.7 Å². The maximum atomic E-state index is 10.2. The fourth-order valence-electron chi connectivity index (χ4n) is 5.17. The van der Waals surface area contributed by atoms with E-state index in [1.165, 1.54) is 44.3 Å². The van der Waals surface area contributed by atoms with Crippen LogP contribution in [-0.4, -0.2) is 21.4 Å². The average molecular weight is 417 g/mol. The minimum atomic E-state index is -0.434. The highest BCUT2D eigenvalue weighted by atomic mass is 16.5. The van der Waals surface area contributed by atoms with Crippen LogP contribution in [0, 0.1) is 23.2 Å². The first-order valence-corrected chi connectivity index (χ1v) is 12.3. The molecule has 0 atom stereocenters. The Bertz CT molecular complexity index is 971. The van der Waals surface area contributed by atoms with Crippen LogP contribution in [0.15, 0.2) is 30.3 Å². The number of nitriles is 1. The van der Waals surface area contributed by atoms with Crippen LogP contribution in [0.5, 0.6) is 0 Å². The van der Waals surface area contributed by atoms with Gasteiger partial charge < -0.3 is 4.74 Å². The van der Waals surface area contributed by atoms with E-state index < -0.39 is 11.0 Å². The molecule has 31 heavy (non-hydrogen) atoms. The van der Waals surface area contributed by atoms with Gasteiger partial charge in [-0.15, -0.1) is 0 Å². The summed E-state index contributed by atoms with van der Waals surface area (Å²) < 4.78 is 8.91. The third-order valence-corrected chi connectivity index (χ3v) is 7.92. The fourth-order valence-corrected chi connectivity index (χ4v) is 5.17. The normalized spacial score (nSPS) is 30.8. The van der Waals surface area contributed by atoms with Gasteiger partial charge in [-0.3, -0.25) is 0 Å². The summed E-state index contributed by atoms with van der Waals surface area (Å²) >= 11 is 0. The number of hydrogen-bond acceptors (Lipinski definition) is 4. The Kier molecular flexibility index (Phi) is 4.68. The monoisotopic (exact) mass is 416 g/mol. The molecule has 0 radical (unpaired) electrons. The molecule has 5 nitrogen and oxygen atoms in total. The predicted molar refractivity (Wildman–Crippen MR) is 117 cm³/mol. The zero-order valence-electron chi connectivity index (χ0n) is 18.3. The Morgan fingerprint density at radius 1 is 0.968 bits per heavy atom. The summed E-state index contributed by atoms with van der Waals surface area (Å²) in [4.78, 5) is 5.14. The smallest absolute Gasteiger partial charge is 0.182 e. The molecule has 1 heterocycles. The van der Waals surface area contributed by atoms with Gasteiger partial charge in [-0.1, -0.05) is 30.3 Å². The van der Waals surface area contributed by atoms with Crippen LogP contribution in [-0.2, 0) is 22.3 Å². The van der Waals surface area contributed by atoms with Crippen LogP contribution < -0.4 is 0 Å². The summed E-state index contributed by atoms with van der Waals surface area (Å²) in [5.41, 5.74) is 0.277. The zero-order valence-corrected chi connectivity index (χ0v) is 18.3. The lowest BCUT2D eigenvalue weighted by molar-refractivity contribution is -0.0940. The van der Waals surface area contributed by atoms with E-state index in [2.05, 4.69) is 22.9 Å². The van der Waals surface area contributed by atoms with Crippen molar-refractivity contribution in [3.05, 3.63) is 47.5 Å². The molecule has 0 bridgehead atoms. The molecule has 0 amide bonds. The maximum absolute atomic E-state index is 10.2. The lowest BCUT2D eigenvalue weighted by Crippen LogP contribution is -2.42. The number of nitrogens with zero attached hydrogens (tertiary/aromatic N) is 4. The molecule has 0 saturated heterocycles. The van der Waals surface area contributed by atoms with E-state index in [4.69, 9.17) is 14.8 Å². The number of rotatable bonds is 8. The van der Waals surface area contributed by atoms with E-state index in [1.807, 2.05) is 18.2 Å². The lowest BCUT2D eigenvalue weighted by Gasteiger charge is -2.42. The second-order valence-corrected chi connectivity index (χ2v) is 10.5. The molecule has 1 aromatic carbocycles. The van der Waals surface area contributed by atoms with Gasteiger partial charge in [0.05, 0.1) is 18.1 Å². The minimum absolute atomic E-state index is 0.427. The first-order valence-electron chi connectivity index (χ1n) is 12.3. The standard InChI is InChI=1S/C26H32N4O/c27-18-25(22-4-2-1-3-5-22)12-14-26(15-13-25,31-17-20-8-9-20)24-28-23(21-10-11-21)30(29-24)16-19-6-7-19/h1-5,19-21H,6-17H2. The van der Waals surface area contributed by atoms with Crippen molar-refractivity contribution >= 4 is 0 Å². The average Bonchev–Trinajstić information content (AvgIpc) is 3.67. The fraction of sp³-hybridized carbons (Fsp3) is 0.654. The van der Waals surface area contributed by atoms with Gasteiger partial charge in [0.1, 0.15) is 11.4 Å². The van der Waals surface area contributed by atoms with Crippen LogP contribution in [0.3, 0.4) is 0 Å². The van der Waals surface area contributed by atoms with E-state index in [9.17, 15) is 5.26 Å².